The van der Waals surface area contributed by atoms with Crippen molar-refractivity contribution in [3.8, 4) is 16.5 Å². The van der Waals surface area contributed by atoms with Crippen LogP contribution in [0.5, 0.6) is 0 Å². The highest BCUT2D eigenvalue weighted by atomic mass is 32.1. The Balaban J connectivity index is 0.850. The van der Waals surface area contributed by atoms with Crippen LogP contribution in [0.2, 0.25) is 0 Å². The molecule has 6 heterocycles. The number of thiazole rings is 1. The molecule has 4 N–H and O–H groups in total. The number of carbonyl (C=O) groups is 4. The fourth-order valence-corrected chi connectivity index (χ4v) is 11.6. The molecule has 7 atom stereocenters. The molecule has 20 heteroatoms. The van der Waals surface area contributed by atoms with E-state index in [-0.39, 0.29) is 67.4 Å². The highest BCUT2D eigenvalue weighted by Gasteiger charge is 2.78. The molecule has 0 bridgehead atoms. The molecule has 4 aliphatic rings. The summed E-state index contributed by atoms with van der Waals surface area (Å²) in [7, 11) is 0. The number of fused-ring (bicyclic) bond motifs is 2. The molecule has 2 saturated heterocycles. The molecule has 1 unspecified atom stereocenters. The fraction of sp³-hybridized carbons (Fsp3) is 0.420. The molecule has 17 nitrogen and oxygen atoms in total. The van der Waals surface area contributed by atoms with E-state index in [4.69, 9.17) is 0 Å². The zero-order valence-corrected chi connectivity index (χ0v) is 39.7. The number of amides is 4. The number of nitrogens with one attached hydrogen (secondary N) is 3. The molecular formula is C50H52F2N12O5S. The smallest absolute Gasteiger partial charge is 0.276 e. The van der Waals surface area contributed by atoms with E-state index in [9.17, 15) is 38.3 Å². The zero-order valence-electron chi connectivity index (χ0n) is 38.9. The minimum absolute atomic E-state index is 0.00484. The van der Waals surface area contributed by atoms with Gasteiger partial charge in [0.15, 0.2) is 11.4 Å². The van der Waals surface area contributed by atoms with Crippen molar-refractivity contribution in [1.29, 1.82) is 5.26 Å². The zero-order chi connectivity index (χ0) is 49.2. The number of likely N-dealkylation sites (tertiary alicyclic amines) is 2. The minimum Gasteiger partial charge on any atom is -0.391 e. The Kier molecular flexibility index (Phi) is 12.0. The summed E-state index contributed by atoms with van der Waals surface area (Å²) in [5, 5.41) is 42.2. The molecule has 10 rings (SSSR count). The van der Waals surface area contributed by atoms with Crippen molar-refractivity contribution in [2.24, 2.45) is 23.2 Å². The van der Waals surface area contributed by atoms with Gasteiger partial charge in [0.1, 0.15) is 18.2 Å². The van der Waals surface area contributed by atoms with Gasteiger partial charge in [-0.05, 0) is 42.0 Å². The summed E-state index contributed by atoms with van der Waals surface area (Å²) in [4.78, 5) is 65.0. The van der Waals surface area contributed by atoms with E-state index in [1.54, 1.807) is 34.4 Å². The van der Waals surface area contributed by atoms with Gasteiger partial charge in [-0.3, -0.25) is 33.6 Å². The Labute approximate surface area is 405 Å². The van der Waals surface area contributed by atoms with E-state index in [1.165, 1.54) is 33.2 Å². The number of H-pyrrole nitrogens is 1. The van der Waals surface area contributed by atoms with Gasteiger partial charge in [-0.15, -0.1) is 11.3 Å². The maximum atomic E-state index is 14.6. The molecule has 2 aromatic carbocycles. The molecule has 1 saturated carbocycles. The number of rotatable bonds is 14. The van der Waals surface area contributed by atoms with Crippen molar-refractivity contribution in [2.45, 2.75) is 89.6 Å². The quantitative estimate of drug-likeness (QED) is 0.102. The van der Waals surface area contributed by atoms with Crippen LogP contribution in [0.4, 0.5) is 14.5 Å². The third kappa shape index (κ3) is 8.33. The number of hydrogen-bond acceptors (Lipinski definition) is 11. The summed E-state index contributed by atoms with van der Waals surface area (Å²) >= 11 is 1.51. The van der Waals surface area contributed by atoms with Crippen LogP contribution in [0, 0.1) is 41.4 Å². The van der Waals surface area contributed by atoms with Crippen molar-refractivity contribution >= 4 is 40.7 Å². The van der Waals surface area contributed by atoms with Crippen LogP contribution in [0.1, 0.15) is 96.0 Å². The van der Waals surface area contributed by atoms with E-state index in [2.05, 4.69) is 36.0 Å². The number of nitriles is 1. The van der Waals surface area contributed by atoms with E-state index in [1.807, 2.05) is 81.4 Å². The number of β-amino-alcohol motifs (C(OH)–C–C–N with tert-alkyl or cyclic N) is 1. The molecule has 4 aromatic heterocycles. The number of aromatic nitrogens is 7. The molecule has 2 aliphatic heterocycles. The minimum atomic E-state index is -2.79. The Morgan fingerprint density at radius 1 is 1.03 bits per heavy atom. The molecular weight excluding hydrogens is 919 g/mol. The number of aliphatic hydroxyl groups is 1. The first kappa shape index (κ1) is 46.6. The molecule has 70 heavy (non-hydrogen) atoms. The Morgan fingerprint density at radius 3 is 2.47 bits per heavy atom. The number of nitrogens with zero attached hydrogens (tertiary/aromatic N) is 9. The third-order valence-electron chi connectivity index (χ3n) is 14.8. The normalized spacial score (nSPS) is 22.6. The highest BCUT2D eigenvalue weighted by Crippen LogP contribution is 2.70. The maximum absolute atomic E-state index is 14.6. The lowest BCUT2D eigenvalue weighted by atomic mass is 9.86. The largest absolute Gasteiger partial charge is 0.391 e. The Hall–Kier alpha value is -7.11. The first-order valence-corrected chi connectivity index (χ1v) is 24.3. The lowest BCUT2D eigenvalue weighted by Gasteiger charge is -2.44. The fourth-order valence-electron chi connectivity index (χ4n) is 10.7. The number of anilines is 1. The van der Waals surface area contributed by atoms with Crippen LogP contribution in [0.3, 0.4) is 0 Å². The molecule has 2 aliphatic carbocycles. The first-order chi connectivity index (χ1) is 33.5. The van der Waals surface area contributed by atoms with Crippen molar-refractivity contribution < 1.29 is 33.1 Å². The third-order valence-corrected chi connectivity index (χ3v) is 15.8. The van der Waals surface area contributed by atoms with Gasteiger partial charge in [-0.2, -0.15) is 20.6 Å². The predicted octanol–water partition coefficient (Wildman–Crippen LogP) is 5.88. The summed E-state index contributed by atoms with van der Waals surface area (Å²) < 4.78 is 32.4. The Bertz CT molecular complexity index is 3010. The van der Waals surface area contributed by atoms with Gasteiger partial charge >= 0.3 is 0 Å². The van der Waals surface area contributed by atoms with Crippen LogP contribution < -0.4 is 10.6 Å². The molecule has 6 aromatic rings. The predicted molar refractivity (Wildman–Crippen MR) is 252 cm³/mol. The van der Waals surface area contributed by atoms with Crippen LogP contribution in [0.25, 0.3) is 10.4 Å². The monoisotopic (exact) mass is 970 g/mol. The topological polar surface area (TPSA) is 220 Å². The van der Waals surface area contributed by atoms with Crippen molar-refractivity contribution in [2.75, 3.05) is 25.0 Å². The van der Waals surface area contributed by atoms with E-state index >= 15 is 0 Å². The maximum Gasteiger partial charge on any atom is 0.276 e. The highest BCUT2D eigenvalue weighted by molar-refractivity contribution is 7.13. The lowest BCUT2D eigenvalue weighted by Crippen LogP contribution is -2.54. The summed E-state index contributed by atoms with van der Waals surface area (Å²) in [6.45, 7) is 7.85. The van der Waals surface area contributed by atoms with Gasteiger partial charge in [0.25, 0.3) is 11.8 Å². The van der Waals surface area contributed by atoms with Crippen molar-refractivity contribution in [1.82, 2.24) is 49.9 Å². The number of benzene rings is 2. The van der Waals surface area contributed by atoms with E-state index in [0.29, 0.717) is 35.6 Å². The number of alkyl halides is 2. The number of aromatic amines is 1. The average Bonchev–Trinajstić information content (AvgIpc) is 4.12. The van der Waals surface area contributed by atoms with E-state index < -0.39 is 59.2 Å². The van der Waals surface area contributed by atoms with Crippen LogP contribution in [-0.4, -0.2) is 111 Å². The van der Waals surface area contributed by atoms with Gasteiger partial charge in [0.05, 0.1) is 52.6 Å². The second-order valence-electron chi connectivity index (χ2n) is 19.6. The van der Waals surface area contributed by atoms with Crippen molar-refractivity contribution in [3.63, 3.8) is 0 Å². The SMILES string of the molecule is Cc1ncsc1-c1ccc([C@H](CC(=O)N2CC([C@H](c3ccccc3)n3cc(NC(=O)c4n[nH]c5c4C[C@H]4C(F)(F)[C@@]4(C)C5)cn3)C2)NC(=O)[C@@H]2C[C@@H](O)CN2C(=O)C(C(C)C)n2ccc(C#N)n2)cc1. The summed E-state index contributed by atoms with van der Waals surface area (Å²) in [6, 6.07) is 17.8. The van der Waals surface area contributed by atoms with Gasteiger partial charge in [-0.25, -0.2) is 13.8 Å². The van der Waals surface area contributed by atoms with Crippen LogP contribution in [-0.2, 0) is 27.2 Å². The standard InChI is InChI=1S/C50H52F2N12O5S/c1-27(2)43(63-15-14-33(20-53)60-63)48(69)62-25-35(65)16-39(62)46(67)57-37(29-10-12-31(13-11-29)45-28(3)54-26-70-45)18-41(66)61-22-32(23-61)44(30-8-6-5-7-9-30)64-24-34(21-55-64)56-47(68)42-36-17-40-49(4,50(40,51)52)19-38(36)58-59-42/h5-15,21,24,26-27,32,35,37,39-40,43-44,65H,16-19,22-23,25H2,1-4H3,(H,56,68)(H,57,67)(H,58,59)/t35-,37+,39+,40-,43?,44+,49+/m1/s1. The molecule has 0 radical (unpaired) electrons. The molecule has 362 valence electrons. The molecule has 0 spiro atoms. The van der Waals surface area contributed by atoms with Crippen LogP contribution in [0.15, 0.2) is 84.8 Å². The van der Waals surface area contributed by atoms with Gasteiger partial charge < -0.3 is 25.5 Å². The Morgan fingerprint density at radius 2 is 1.79 bits per heavy atom. The molecule has 3 fully saturated rings. The second-order valence-corrected chi connectivity index (χ2v) is 20.5. The van der Waals surface area contributed by atoms with Crippen molar-refractivity contribution in [3.05, 3.63) is 124 Å². The first-order valence-electron chi connectivity index (χ1n) is 23.4. The number of aliphatic hydroxyl groups excluding tert-OH is 1. The second kappa shape index (κ2) is 18.0. The number of hydrogen-bond donors (Lipinski definition) is 4. The summed E-state index contributed by atoms with van der Waals surface area (Å²) in [5.74, 6) is -5.64. The van der Waals surface area contributed by atoms with E-state index in [0.717, 1.165) is 21.7 Å². The van der Waals surface area contributed by atoms with Gasteiger partial charge in [0.2, 0.25) is 17.7 Å². The summed E-state index contributed by atoms with van der Waals surface area (Å²) in [5.41, 5.74) is 5.79. The van der Waals surface area contributed by atoms with Crippen LogP contribution >= 0.6 is 11.3 Å². The number of aryl methyl sites for hydroxylation is 1. The number of carbonyl (C=O) groups excluding carboxylic acids is 4. The van der Waals surface area contributed by atoms with Gasteiger partial charge in [-0.1, -0.05) is 75.4 Å². The van der Waals surface area contributed by atoms with Gasteiger partial charge in [0, 0.05) is 73.4 Å². The number of halogens is 2. The lowest BCUT2D eigenvalue weighted by molar-refractivity contribution is -0.143. The summed E-state index contributed by atoms with van der Waals surface area (Å²) in [6.07, 6.45) is 3.93. The molecule has 4 amide bonds. The average molecular weight is 971 g/mol.